The van der Waals surface area contributed by atoms with E-state index in [1.54, 1.807) is 17.5 Å². The van der Waals surface area contributed by atoms with Crippen LogP contribution in [0.2, 0.25) is 0 Å². The van der Waals surface area contributed by atoms with Gasteiger partial charge in [-0.25, -0.2) is 9.97 Å². The molecule has 1 N–H and O–H groups in total. The molecular formula is C9H12N4S. The maximum Gasteiger partial charge on any atom is 0.195 e. The van der Waals surface area contributed by atoms with Gasteiger partial charge in [-0.1, -0.05) is 0 Å². The van der Waals surface area contributed by atoms with E-state index in [4.69, 9.17) is 0 Å². The van der Waals surface area contributed by atoms with Crippen LogP contribution in [0.5, 0.6) is 0 Å². The zero-order valence-electron chi connectivity index (χ0n) is 8.19. The fraction of sp³-hybridized carbons (Fsp3) is 0.333. The van der Waals surface area contributed by atoms with Gasteiger partial charge in [-0.2, -0.15) is 0 Å². The molecule has 14 heavy (non-hydrogen) atoms. The molecule has 0 saturated carbocycles. The van der Waals surface area contributed by atoms with Gasteiger partial charge in [0.15, 0.2) is 5.13 Å². The van der Waals surface area contributed by atoms with Gasteiger partial charge in [-0.05, 0) is 14.0 Å². The number of nitrogens with one attached hydrogen (secondary N) is 1. The molecule has 2 aromatic rings. The Bertz CT molecular complexity index is 418. The molecular weight excluding hydrogens is 196 g/mol. The molecule has 0 spiro atoms. The Hall–Kier alpha value is -1.20. The molecule has 2 rings (SSSR count). The zero-order valence-corrected chi connectivity index (χ0v) is 9.01. The monoisotopic (exact) mass is 208 g/mol. The minimum Gasteiger partial charge on any atom is -0.314 e. The minimum absolute atomic E-state index is 0.810. The molecule has 0 unspecified atom stereocenters. The highest BCUT2D eigenvalue weighted by Gasteiger charge is 2.05. The van der Waals surface area contributed by atoms with Gasteiger partial charge in [0, 0.05) is 24.3 Å². The summed E-state index contributed by atoms with van der Waals surface area (Å²) in [5.41, 5.74) is 1.07. The second-order valence-electron chi connectivity index (χ2n) is 3.00. The van der Waals surface area contributed by atoms with Crippen LogP contribution < -0.4 is 5.32 Å². The SMILES string of the molecule is CNCc1csc(-n2ccnc2C)n1. The number of aromatic nitrogens is 3. The molecule has 4 nitrogen and oxygen atoms in total. The molecule has 0 amide bonds. The van der Waals surface area contributed by atoms with Crippen LogP contribution in [0.15, 0.2) is 17.8 Å². The molecule has 0 bridgehead atoms. The molecule has 0 fully saturated rings. The summed E-state index contributed by atoms with van der Waals surface area (Å²) in [4.78, 5) is 8.64. The molecule has 2 aromatic heterocycles. The van der Waals surface area contributed by atoms with Gasteiger partial charge in [0.05, 0.1) is 5.69 Å². The van der Waals surface area contributed by atoms with Crippen molar-refractivity contribution in [2.45, 2.75) is 13.5 Å². The van der Waals surface area contributed by atoms with Crippen molar-refractivity contribution in [3.05, 3.63) is 29.3 Å². The number of thiazole rings is 1. The Morgan fingerprint density at radius 3 is 3.07 bits per heavy atom. The molecule has 74 valence electrons. The van der Waals surface area contributed by atoms with Gasteiger partial charge < -0.3 is 5.32 Å². The van der Waals surface area contributed by atoms with Crippen molar-refractivity contribution in [1.82, 2.24) is 19.9 Å². The second kappa shape index (κ2) is 3.89. The summed E-state index contributed by atoms with van der Waals surface area (Å²) in [5, 5.41) is 6.11. The molecule has 0 radical (unpaired) electrons. The molecule has 0 aliphatic carbocycles. The fourth-order valence-electron chi connectivity index (χ4n) is 1.25. The zero-order chi connectivity index (χ0) is 9.97. The van der Waals surface area contributed by atoms with Crippen LogP contribution in [0.25, 0.3) is 5.13 Å². The van der Waals surface area contributed by atoms with E-state index in [1.807, 2.05) is 24.7 Å². The largest absolute Gasteiger partial charge is 0.314 e. The lowest BCUT2D eigenvalue weighted by Gasteiger charge is -1.97. The minimum atomic E-state index is 0.810. The van der Waals surface area contributed by atoms with Crippen molar-refractivity contribution >= 4 is 11.3 Å². The van der Waals surface area contributed by atoms with E-state index in [-0.39, 0.29) is 0 Å². The van der Waals surface area contributed by atoms with E-state index in [1.165, 1.54) is 0 Å². The van der Waals surface area contributed by atoms with Gasteiger partial charge >= 0.3 is 0 Å². The number of hydrogen-bond acceptors (Lipinski definition) is 4. The van der Waals surface area contributed by atoms with E-state index >= 15 is 0 Å². The van der Waals surface area contributed by atoms with Gasteiger partial charge in [0.25, 0.3) is 0 Å². The summed E-state index contributed by atoms with van der Waals surface area (Å²) in [6.45, 7) is 2.78. The summed E-state index contributed by atoms with van der Waals surface area (Å²) in [6.07, 6.45) is 3.71. The molecule has 0 aliphatic rings. The summed E-state index contributed by atoms with van der Waals surface area (Å²) in [7, 11) is 1.92. The Kier molecular flexibility index (Phi) is 2.60. The first-order valence-electron chi connectivity index (χ1n) is 4.40. The van der Waals surface area contributed by atoms with Crippen LogP contribution in [0.1, 0.15) is 11.5 Å². The first-order chi connectivity index (χ1) is 6.81. The summed E-state index contributed by atoms with van der Waals surface area (Å²) >= 11 is 1.63. The van der Waals surface area contributed by atoms with Crippen molar-refractivity contribution in [2.75, 3.05) is 7.05 Å². The maximum absolute atomic E-state index is 4.48. The van der Waals surface area contributed by atoms with Crippen molar-refractivity contribution in [2.24, 2.45) is 0 Å². The maximum atomic E-state index is 4.48. The standard InChI is InChI=1S/C9H12N4S/c1-7-11-3-4-13(7)9-12-8(5-10-2)6-14-9/h3-4,6,10H,5H2,1-2H3. The van der Waals surface area contributed by atoms with Crippen LogP contribution in [0.4, 0.5) is 0 Å². The van der Waals surface area contributed by atoms with Gasteiger partial charge in [0.2, 0.25) is 0 Å². The Labute approximate surface area is 86.6 Å². The number of nitrogens with zero attached hydrogens (tertiary/aromatic N) is 3. The highest BCUT2D eigenvalue weighted by molar-refractivity contribution is 7.12. The van der Waals surface area contributed by atoms with Crippen molar-refractivity contribution in [3.8, 4) is 5.13 Å². The molecule has 0 saturated heterocycles. The number of hydrogen-bond donors (Lipinski definition) is 1. The van der Waals surface area contributed by atoms with E-state index in [2.05, 4.69) is 20.7 Å². The second-order valence-corrected chi connectivity index (χ2v) is 3.83. The van der Waals surface area contributed by atoms with Crippen LogP contribution in [0, 0.1) is 6.92 Å². The van der Waals surface area contributed by atoms with E-state index in [0.717, 1.165) is 23.2 Å². The van der Waals surface area contributed by atoms with Gasteiger partial charge in [0.1, 0.15) is 5.82 Å². The Balaban J connectivity index is 2.29. The smallest absolute Gasteiger partial charge is 0.195 e. The third kappa shape index (κ3) is 1.69. The molecule has 2 heterocycles. The van der Waals surface area contributed by atoms with Gasteiger partial charge in [-0.3, -0.25) is 4.57 Å². The summed E-state index contributed by atoms with van der Waals surface area (Å²) in [5.74, 6) is 0.968. The summed E-state index contributed by atoms with van der Waals surface area (Å²) < 4.78 is 1.99. The first kappa shape index (κ1) is 9.36. The molecule has 0 aromatic carbocycles. The lowest BCUT2D eigenvalue weighted by atomic mass is 10.5. The first-order valence-corrected chi connectivity index (χ1v) is 5.28. The highest BCUT2D eigenvalue weighted by atomic mass is 32.1. The molecule has 0 aliphatic heterocycles. The average Bonchev–Trinajstić information content (AvgIpc) is 2.74. The van der Waals surface area contributed by atoms with E-state index < -0.39 is 0 Å². The Morgan fingerprint density at radius 1 is 1.57 bits per heavy atom. The number of rotatable bonds is 3. The quantitative estimate of drug-likeness (QED) is 0.828. The lowest BCUT2D eigenvalue weighted by Crippen LogP contribution is -2.05. The number of imidazole rings is 1. The molecule has 5 heteroatoms. The fourth-order valence-corrected chi connectivity index (χ4v) is 2.10. The predicted molar refractivity (Wildman–Crippen MR) is 56.7 cm³/mol. The van der Waals surface area contributed by atoms with Crippen LogP contribution in [-0.4, -0.2) is 21.6 Å². The van der Waals surface area contributed by atoms with Crippen LogP contribution >= 0.6 is 11.3 Å². The van der Waals surface area contributed by atoms with Gasteiger partial charge in [-0.15, -0.1) is 11.3 Å². The third-order valence-corrected chi connectivity index (χ3v) is 2.82. The third-order valence-electron chi connectivity index (χ3n) is 1.93. The normalized spacial score (nSPS) is 10.7. The molecule has 0 atom stereocenters. The van der Waals surface area contributed by atoms with E-state index in [9.17, 15) is 0 Å². The summed E-state index contributed by atoms with van der Waals surface area (Å²) in [6, 6.07) is 0. The van der Waals surface area contributed by atoms with Crippen LogP contribution in [-0.2, 0) is 6.54 Å². The van der Waals surface area contributed by atoms with Crippen molar-refractivity contribution < 1.29 is 0 Å². The van der Waals surface area contributed by atoms with Crippen LogP contribution in [0.3, 0.4) is 0 Å². The Morgan fingerprint density at radius 2 is 2.43 bits per heavy atom. The predicted octanol–water partition coefficient (Wildman–Crippen LogP) is 1.36. The average molecular weight is 208 g/mol. The topological polar surface area (TPSA) is 42.7 Å². The highest BCUT2D eigenvalue weighted by Crippen LogP contribution is 2.15. The number of aryl methyl sites for hydroxylation is 1. The van der Waals surface area contributed by atoms with Crippen molar-refractivity contribution in [3.63, 3.8) is 0 Å². The van der Waals surface area contributed by atoms with Crippen molar-refractivity contribution in [1.29, 1.82) is 0 Å². The lowest BCUT2D eigenvalue weighted by molar-refractivity contribution is 0.792. The van der Waals surface area contributed by atoms with E-state index in [0.29, 0.717) is 0 Å².